The van der Waals surface area contributed by atoms with Gasteiger partial charge in [-0.3, -0.25) is 0 Å². The highest BCUT2D eigenvalue weighted by Crippen LogP contribution is 2.33. The zero-order chi connectivity index (χ0) is 17.1. The molecule has 24 heavy (non-hydrogen) atoms. The molecule has 0 aliphatic carbocycles. The van der Waals surface area contributed by atoms with Crippen LogP contribution in [0.3, 0.4) is 0 Å². The summed E-state index contributed by atoms with van der Waals surface area (Å²) in [6, 6.07) is 11.3. The third-order valence-corrected chi connectivity index (χ3v) is 4.41. The summed E-state index contributed by atoms with van der Waals surface area (Å²) in [6.45, 7) is 3.25. The van der Waals surface area contributed by atoms with Crippen LogP contribution >= 0.6 is 11.6 Å². The van der Waals surface area contributed by atoms with E-state index in [2.05, 4.69) is 4.90 Å². The van der Waals surface area contributed by atoms with E-state index in [0.29, 0.717) is 16.3 Å². The molecule has 0 saturated carbocycles. The van der Waals surface area contributed by atoms with Crippen LogP contribution in [-0.4, -0.2) is 39.4 Å². The van der Waals surface area contributed by atoms with Gasteiger partial charge in [0.15, 0.2) is 0 Å². The largest absolute Gasteiger partial charge is 0.465 e. The molecular weight excluding hydrogens is 328 g/mol. The summed E-state index contributed by atoms with van der Waals surface area (Å²) in [5, 5.41) is 0.499. The van der Waals surface area contributed by atoms with Gasteiger partial charge in [-0.1, -0.05) is 23.7 Å². The molecule has 1 saturated heterocycles. The van der Waals surface area contributed by atoms with E-state index in [9.17, 15) is 4.79 Å². The zero-order valence-electron chi connectivity index (χ0n) is 13.4. The molecule has 3 rings (SSSR count). The molecule has 5 nitrogen and oxygen atoms in total. The number of hydrogen-bond acceptors (Lipinski definition) is 5. The van der Waals surface area contributed by atoms with Gasteiger partial charge in [-0.05, 0) is 29.8 Å². The lowest BCUT2D eigenvalue weighted by Crippen LogP contribution is -2.36. The molecule has 0 radical (unpaired) electrons. The summed E-state index contributed by atoms with van der Waals surface area (Å²) < 4.78 is 10.1. The van der Waals surface area contributed by atoms with Gasteiger partial charge in [0.25, 0.3) is 0 Å². The number of halogens is 1. The molecule has 6 heteroatoms. The first kappa shape index (κ1) is 16.6. The third-order valence-electron chi connectivity index (χ3n) is 4.10. The van der Waals surface area contributed by atoms with Crippen LogP contribution in [0, 0.1) is 0 Å². The fourth-order valence-electron chi connectivity index (χ4n) is 2.77. The van der Waals surface area contributed by atoms with Crippen LogP contribution in [-0.2, 0) is 9.47 Å². The van der Waals surface area contributed by atoms with E-state index in [-0.39, 0.29) is 0 Å². The molecular formula is C18H19ClN2O3. The SMILES string of the molecule is COC(=O)c1cc(-c2ccc(N3CCOCC3)cc2)c(Cl)cc1N. The third kappa shape index (κ3) is 3.32. The molecule has 1 aliphatic rings. The molecule has 1 heterocycles. The predicted molar refractivity (Wildman–Crippen MR) is 95.7 cm³/mol. The molecule has 0 unspecified atom stereocenters. The van der Waals surface area contributed by atoms with E-state index in [1.165, 1.54) is 7.11 Å². The summed E-state index contributed by atoms with van der Waals surface area (Å²) in [4.78, 5) is 14.1. The summed E-state index contributed by atoms with van der Waals surface area (Å²) in [5.74, 6) is -0.477. The van der Waals surface area contributed by atoms with Crippen LogP contribution in [0.1, 0.15) is 10.4 Å². The number of nitrogens with two attached hydrogens (primary N) is 1. The van der Waals surface area contributed by atoms with E-state index in [1.54, 1.807) is 12.1 Å². The maximum atomic E-state index is 11.8. The van der Waals surface area contributed by atoms with Crippen molar-refractivity contribution in [2.45, 2.75) is 0 Å². The molecule has 2 aromatic carbocycles. The van der Waals surface area contributed by atoms with Crippen molar-refractivity contribution >= 4 is 28.9 Å². The van der Waals surface area contributed by atoms with Gasteiger partial charge in [0.2, 0.25) is 0 Å². The molecule has 0 atom stereocenters. The molecule has 0 bridgehead atoms. The number of methoxy groups -OCH3 is 1. The fraction of sp³-hybridized carbons (Fsp3) is 0.278. The Morgan fingerprint density at radius 3 is 2.50 bits per heavy atom. The summed E-state index contributed by atoms with van der Waals surface area (Å²) in [7, 11) is 1.33. The van der Waals surface area contributed by atoms with E-state index in [1.807, 2.05) is 24.3 Å². The quantitative estimate of drug-likeness (QED) is 0.683. The van der Waals surface area contributed by atoms with Crippen LogP contribution in [0.15, 0.2) is 36.4 Å². The predicted octanol–water partition coefficient (Wildman–Crippen LogP) is 3.21. The average Bonchev–Trinajstić information content (AvgIpc) is 2.62. The van der Waals surface area contributed by atoms with E-state index >= 15 is 0 Å². The van der Waals surface area contributed by atoms with Crippen LogP contribution in [0.5, 0.6) is 0 Å². The fourth-order valence-corrected chi connectivity index (χ4v) is 3.05. The van der Waals surface area contributed by atoms with E-state index < -0.39 is 5.97 Å². The highest BCUT2D eigenvalue weighted by Gasteiger charge is 2.16. The van der Waals surface area contributed by atoms with Crippen molar-refractivity contribution in [3.63, 3.8) is 0 Å². The second-order valence-corrected chi connectivity index (χ2v) is 5.96. The van der Waals surface area contributed by atoms with Gasteiger partial charge in [-0.2, -0.15) is 0 Å². The van der Waals surface area contributed by atoms with Gasteiger partial charge in [0.05, 0.1) is 30.9 Å². The average molecular weight is 347 g/mol. The number of esters is 1. The number of rotatable bonds is 3. The Morgan fingerprint density at radius 1 is 1.21 bits per heavy atom. The molecule has 1 aliphatic heterocycles. The van der Waals surface area contributed by atoms with Crippen molar-refractivity contribution in [1.82, 2.24) is 0 Å². The number of hydrogen-bond donors (Lipinski definition) is 1. The minimum Gasteiger partial charge on any atom is -0.465 e. The van der Waals surface area contributed by atoms with Gasteiger partial charge >= 0.3 is 5.97 Å². The number of anilines is 2. The maximum absolute atomic E-state index is 11.8. The zero-order valence-corrected chi connectivity index (χ0v) is 14.2. The van der Waals surface area contributed by atoms with Gasteiger partial charge in [-0.25, -0.2) is 4.79 Å². The lowest BCUT2D eigenvalue weighted by atomic mass is 10.0. The molecule has 2 N–H and O–H groups in total. The minimum atomic E-state index is -0.477. The smallest absolute Gasteiger partial charge is 0.339 e. The summed E-state index contributed by atoms with van der Waals surface area (Å²) >= 11 is 6.31. The lowest BCUT2D eigenvalue weighted by Gasteiger charge is -2.29. The Labute approximate surface area is 145 Å². The summed E-state index contributed by atoms with van der Waals surface area (Å²) in [5.41, 5.74) is 9.29. The number of nitrogen functional groups attached to an aromatic ring is 1. The monoisotopic (exact) mass is 346 g/mol. The second-order valence-electron chi connectivity index (χ2n) is 5.56. The van der Waals surface area contributed by atoms with Crippen molar-refractivity contribution in [2.24, 2.45) is 0 Å². The first-order valence-corrected chi connectivity index (χ1v) is 8.08. The number of carbonyl (C=O) groups is 1. The highest BCUT2D eigenvalue weighted by atomic mass is 35.5. The first-order chi connectivity index (χ1) is 11.6. The maximum Gasteiger partial charge on any atom is 0.339 e. The standard InChI is InChI=1S/C18H19ClN2O3/c1-23-18(22)15-10-14(16(19)11-17(15)20)12-2-4-13(5-3-12)21-6-8-24-9-7-21/h2-5,10-11H,6-9,20H2,1H3. The van der Waals surface area contributed by atoms with Crippen molar-refractivity contribution in [2.75, 3.05) is 44.0 Å². The van der Waals surface area contributed by atoms with Gasteiger partial charge in [-0.15, -0.1) is 0 Å². The van der Waals surface area contributed by atoms with Crippen LogP contribution in [0.2, 0.25) is 5.02 Å². The molecule has 0 amide bonds. The first-order valence-electron chi connectivity index (χ1n) is 7.70. The van der Waals surface area contributed by atoms with Gasteiger partial charge in [0, 0.05) is 30.0 Å². The van der Waals surface area contributed by atoms with Crippen molar-refractivity contribution in [3.05, 3.63) is 47.0 Å². The Hall–Kier alpha value is -2.24. The molecule has 1 fully saturated rings. The number of benzene rings is 2. The Balaban J connectivity index is 1.92. The van der Waals surface area contributed by atoms with Crippen molar-refractivity contribution in [3.8, 4) is 11.1 Å². The Kier molecular flexibility index (Phi) is 4.92. The number of ether oxygens (including phenoxy) is 2. The van der Waals surface area contributed by atoms with Crippen molar-refractivity contribution in [1.29, 1.82) is 0 Å². The topological polar surface area (TPSA) is 64.8 Å². The van der Waals surface area contributed by atoms with Gasteiger partial charge in [0.1, 0.15) is 0 Å². The molecule has 126 valence electrons. The lowest BCUT2D eigenvalue weighted by molar-refractivity contribution is 0.0602. The summed E-state index contributed by atoms with van der Waals surface area (Å²) in [6.07, 6.45) is 0. The Bertz CT molecular complexity index is 741. The normalized spacial score (nSPS) is 14.5. The molecule has 2 aromatic rings. The Morgan fingerprint density at radius 2 is 1.88 bits per heavy atom. The van der Waals surface area contributed by atoms with Crippen LogP contribution in [0.25, 0.3) is 11.1 Å². The number of carbonyl (C=O) groups excluding carboxylic acids is 1. The number of morpholine rings is 1. The second kappa shape index (κ2) is 7.11. The minimum absolute atomic E-state index is 0.306. The van der Waals surface area contributed by atoms with Crippen LogP contribution < -0.4 is 10.6 Å². The van der Waals surface area contributed by atoms with E-state index in [0.717, 1.165) is 43.1 Å². The van der Waals surface area contributed by atoms with Crippen molar-refractivity contribution < 1.29 is 14.3 Å². The van der Waals surface area contributed by atoms with Gasteiger partial charge < -0.3 is 20.1 Å². The molecule has 0 spiro atoms. The number of nitrogens with zero attached hydrogens (tertiary/aromatic N) is 1. The van der Waals surface area contributed by atoms with E-state index in [4.69, 9.17) is 26.8 Å². The highest BCUT2D eigenvalue weighted by molar-refractivity contribution is 6.34. The molecule has 0 aromatic heterocycles. The van der Waals surface area contributed by atoms with Crippen LogP contribution in [0.4, 0.5) is 11.4 Å².